The van der Waals surface area contributed by atoms with Crippen LogP contribution in [0.1, 0.15) is 17.5 Å². The number of aryl methyl sites for hydroxylation is 1. The molecule has 110 valence electrons. The summed E-state index contributed by atoms with van der Waals surface area (Å²) in [5.41, 5.74) is 7.03. The van der Waals surface area contributed by atoms with Gasteiger partial charge in [-0.1, -0.05) is 12.1 Å². The molecule has 7 heteroatoms. The average Bonchev–Trinajstić information content (AvgIpc) is 2.69. The minimum absolute atomic E-state index is 0.190. The number of amides is 1. The van der Waals surface area contributed by atoms with E-state index < -0.39 is 16.1 Å². The Balaban J connectivity index is 2.25. The van der Waals surface area contributed by atoms with Gasteiger partial charge in [0, 0.05) is 20.1 Å². The summed E-state index contributed by atoms with van der Waals surface area (Å²) < 4.78 is 27.2. The van der Waals surface area contributed by atoms with Crippen LogP contribution in [-0.2, 0) is 21.4 Å². The van der Waals surface area contributed by atoms with Crippen LogP contribution < -0.4 is 10.5 Å². The SMILES string of the molecule is Cc1cc(CN)ccc1S(=O)(=O)NC1CCN(C)C1=O. The van der Waals surface area contributed by atoms with E-state index in [-0.39, 0.29) is 10.8 Å². The summed E-state index contributed by atoms with van der Waals surface area (Å²) in [7, 11) is -2.03. The third-order valence-corrected chi connectivity index (χ3v) is 5.12. The maximum atomic E-state index is 12.3. The van der Waals surface area contributed by atoms with E-state index in [1.807, 2.05) is 0 Å². The van der Waals surface area contributed by atoms with Gasteiger partial charge in [-0.2, -0.15) is 4.72 Å². The Labute approximate surface area is 119 Å². The normalized spacial score (nSPS) is 19.6. The molecule has 1 aliphatic heterocycles. The van der Waals surface area contributed by atoms with Crippen LogP contribution in [0.4, 0.5) is 0 Å². The van der Waals surface area contributed by atoms with Crippen LogP contribution in [0.2, 0.25) is 0 Å². The van der Waals surface area contributed by atoms with Gasteiger partial charge in [0.15, 0.2) is 0 Å². The summed E-state index contributed by atoms with van der Waals surface area (Å²) in [5, 5.41) is 0. The number of rotatable bonds is 4. The number of nitrogens with one attached hydrogen (secondary N) is 1. The fraction of sp³-hybridized carbons (Fsp3) is 0.462. The van der Waals surface area contributed by atoms with Gasteiger partial charge in [0.25, 0.3) is 0 Å². The molecule has 1 aromatic carbocycles. The van der Waals surface area contributed by atoms with Gasteiger partial charge in [-0.15, -0.1) is 0 Å². The minimum Gasteiger partial charge on any atom is -0.344 e. The zero-order valence-electron chi connectivity index (χ0n) is 11.6. The van der Waals surface area contributed by atoms with Crippen molar-refractivity contribution in [3.8, 4) is 0 Å². The molecule has 0 saturated carbocycles. The van der Waals surface area contributed by atoms with Gasteiger partial charge in [-0.25, -0.2) is 8.42 Å². The van der Waals surface area contributed by atoms with Crippen molar-refractivity contribution in [2.45, 2.75) is 30.8 Å². The van der Waals surface area contributed by atoms with E-state index in [0.717, 1.165) is 5.56 Å². The fourth-order valence-corrected chi connectivity index (χ4v) is 3.77. The van der Waals surface area contributed by atoms with E-state index >= 15 is 0 Å². The Hall–Kier alpha value is -1.44. The van der Waals surface area contributed by atoms with Gasteiger partial charge >= 0.3 is 0 Å². The Kier molecular flexibility index (Phi) is 4.12. The molecule has 0 bridgehead atoms. The molecule has 0 radical (unpaired) electrons. The van der Waals surface area contributed by atoms with Crippen molar-refractivity contribution in [1.82, 2.24) is 9.62 Å². The maximum Gasteiger partial charge on any atom is 0.241 e. The van der Waals surface area contributed by atoms with E-state index in [0.29, 0.717) is 25.1 Å². The standard InChI is InChI=1S/C13H19N3O3S/c1-9-7-10(8-14)3-4-12(9)20(18,19)15-11-5-6-16(2)13(11)17/h3-4,7,11,15H,5-6,8,14H2,1-2H3. The van der Waals surface area contributed by atoms with Crippen LogP contribution in [0.25, 0.3) is 0 Å². The van der Waals surface area contributed by atoms with Crippen molar-refractivity contribution in [3.05, 3.63) is 29.3 Å². The smallest absolute Gasteiger partial charge is 0.241 e. The van der Waals surface area contributed by atoms with E-state index in [1.54, 1.807) is 26.1 Å². The third kappa shape index (κ3) is 2.84. The van der Waals surface area contributed by atoms with E-state index in [4.69, 9.17) is 5.73 Å². The molecule has 1 heterocycles. The molecule has 1 atom stereocenters. The molecular formula is C13H19N3O3S. The first kappa shape index (κ1) is 15.0. The summed E-state index contributed by atoms with van der Waals surface area (Å²) in [4.78, 5) is 13.5. The molecule has 1 fully saturated rings. The molecule has 0 spiro atoms. The largest absolute Gasteiger partial charge is 0.344 e. The second-order valence-electron chi connectivity index (χ2n) is 5.03. The highest BCUT2D eigenvalue weighted by molar-refractivity contribution is 7.89. The predicted octanol–water partition coefficient (Wildman–Crippen LogP) is -0.0373. The Bertz CT molecular complexity index is 628. The Morgan fingerprint density at radius 2 is 2.15 bits per heavy atom. The summed E-state index contributed by atoms with van der Waals surface area (Å²) in [6.07, 6.45) is 0.495. The number of carbonyl (C=O) groups is 1. The summed E-state index contributed by atoms with van der Waals surface area (Å²) >= 11 is 0. The molecule has 0 aliphatic carbocycles. The molecular weight excluding hydrogens is 278 g/mol. The van der Waals surface area contributed by atoms with Gasteiger partial charge in [-0.3, -0.25) is 4.79 Å². The predicted molar refractivity (Wildman–Crippen MR) is 75.4 cm³/mol. The highest BCUT2D eigenvalue weighted by Crippen LogP contribution is 2.19. The molecule has 3 N–H and O–H groups in total. The van der Waals surface area contributed by atoms with Crippen molar-refractivity contribution in [2.24, 2.45) is 5.73 Å². The molecule has 1 unspecified atom stereocenters. The van der Waals surface area contributed by atoms with Crippen molar-refractivity contribution >= 4 is 15.9 Å². The molecule has 1 aromatic rings. The monoisotopic (exact) mass is 297 g/mol. The quantitative estimate of drug-likeness (QED) is 0.816. The number of nitrogens with two attached hydrogens (primary N) is 1. The number of sulfonamides is 1. The first-order valence-electron chi connectivity index (χ1n) is 6.42. The van der Waals surface area contributed by atoms with Crippen LogP contribution >= 0.6 is 0 Å². The van der Waals surface area contributed by atoms with Crippen LogP contribution in [-0.4, -0.2) is 38.9 Å². The number of nitrogens with zero attached hydrogens (tertiary/aromatic N) is 1. The lowest BCUT2D eigenvalue weighted by atomic mass is 10.1. The first-order chi connectivity index (χ1) is 9.35. The Morgan fingerprint density at radius 3 is 2.65 bits per heavy atom. The number of likely N-dealkylation sites (N-methyl/N-ethyl adjacent to an activating group) is 1. The van der Waals surface area contributed by atoms with E-state index in [2.05, 4.69) is 4.72 Å². The molecule has 2 rings (SSSR count). The topological polar surface area (TPSA) is 92.5 Å². The lowest BCUT2D eigenvalue weighted by Crippen LogP contribution is -2.40. The van der Waals surface area contributed by atoms with Crippen LogP contribution in [0.5, 0.6) is 0 Å². The third-order valence-electron chi connectivity index (χ3n) is 3.49. The number of likely N-dealkylation sites (tertiary alicyclic amines) is 1. The molecule has 1 aliphatic rings. The van der Waals surface area contributed by atoms with Gasteiger partial charge in [0.05, 0.1) is 4.90 Å². The summed E-state index contributed by atoms with van der Waals surface area (Å²) in [5.74, 6) is -0.190. The molecule has 0 aromatic heterocycles. The van der Waals surface area contributed by atoms with Gasteiger partial charge in [0.2, 0.25) is 15.9 Å². The molecule has 1 saturated heterocycles. The van der Waals surface area contributed by atoms with Crippen molar-refractivity contribution in [3.63, 3.8) is 0 Å². The summed E-state index contributed by atoms with van der Waals surface area (Å²) in [6, 6.07) is 4.29. The second kappa shape index (κ2) is 5.51. The highest BCUT2D eigenvalue weighted by atomic mass is 32.2. The lowest BCUT2D eigenvalue weighted by Gasteiger charge is -2.14. The van der Waals surface area contributed by atoms with Crippen molar-refractivity contribution in [1.29, 1.82) is 0 Å². The zero-order chi connectivity index (χ0) is 14.9. The zero-order valence-corrected chi connectivity index (χ0v) is 12.4. The molecule has 20 heavy (non-hydrogen) atoms. The number of benzene rings is 1. The van der Waals surface area contributed by atoms with Crippen LogP contribution in [0.3, 0.4) is 0 Å². The molecule has 1 amide bonds. The number of hydrogen-bond acceptors (Lipinski definition) is 4. The highest BCUT2D eigenvalue weighted by Gasteiger charge is 2.33. The van der Waals surface area contributed by atoms with E-state index in [9.17, 15) is 13.2 Å². The fourth-order valence-electron chi connectivity index (χ4n) is 2.32. The van der Waals surface area contributed by atoms with Gasteiger partial charge in [0.1, 0.15) is 6.04 Å². The average molecular weight is 297 g/mol. The maximum absolute atomic E-state index is 12.3. The van der Waals surface area contributed by atoms with Crippen LogP contribution in [0, 0.1) is 6.92 Å². The second-order valence-corrected chi connectivity index (χ2v) is 6.71. The van der Waals surface area contributed by atoms with Crippen LogP contribution in [0.15, 0.2) is 23.1 Å². The summed E-state index contributed by atoms with van der Waals surface area (Å²) in [6.45, 7) is 2.65. The molecule has 6 nitrogen and oxygen atoms in total. The van der Waals surface area contributed by atoms with Gasteiger partial charge < -0.3 is 10.6 Å². The van der Waals surface area contributed by atoms with Crippen molar-refractivity contribution < 1.29 is 13.2 Å². The minimum atomic E-state index is -3.69. The van der Waals surface area contributed by atoms with E-state index in [1.165, 1.54) is 11.0 Å². The lowest BCUT2D eigenvalue weighted by molar-refractivity contribution is -0.127. The number of carbonyl (C=O) groups excluding carboxylic acids is 1. The Morgan fingerprint density at radius 1 is 1.45 bits per heavy atom. The van der Waals surface area contributed by atoms with Gasteiger partial charge in [-0.05, 0) is 30.5 Å². The first-order valence-corrected chi connectivity index (χ1v) is 7.90. The number of hydrogen-bond donors (Lipinski definition) is 2. The van der Waals surface area contributed by atoms with Crippen molar-refractivity contribution in [2.75, 3.05) is 13.6 Å².